The van der Waals surface area contributed by atoms with Crippen LogP contribution < -0.4 is 10.1 Å². The van der Waals surface area contributed by atoms with Gasteiger partial charge in [0.15, 0.2) is 0 Å². The fourth-order valence-electron chi connectivity index (χ4n) is 3.02. The average molecular weight is 422 g/mol. The topological polar surface area (TPSA) is 84.9 Å². The monoisotopic (exact) mass is 422 g/mol. The maximum atomic E-state index is 13.0. The van der Waals surface area contributed by atoms with Crippen molar-refractivity contribution in [1.82, 2.24) is 9.62 Å². The molecular formula is C20H23FN2O5S. The molecule has 7 nitrogen and oxygen atoms in total. The molecule has 9 heteroatoms. The van der Waals surface area contributed by atoms with E-state index in [2.05, 4.69) is 5.32 Å². The van der Waals surface area contributed by atoms with E-state index in [1.54, 1.807) is 12.1 Å². The van der Waals surface area contributed by atoms with Crippen LogP contribution in [0.3, 0.4) is 0 Å². The molecule has 0 radical (unpaired) electrons. The summed E-state index contributed by atoms with van der Waals surface area (Å²) in [5.41, 5.74) is 1.11. The number of benzene rings is 2. The lowest BCUT2D eigenvalue weighted by atomic mass is 10.1. The van der Waals surface area contributed by atoms with Crippen molar-refractivity contribution in [3.8, 4) is 5.75 Å². The second kappa shape index (κ2) is 9.34. The zero-order valence-electron chi connectivity index (χ0n) is 16.1. The lowest BCUT2D eigenvalue weighted by molar-refractivity contribution is 0.0729. The van der Waals surface area contributed by atoms with E-state index in [1.807, 2.05) is 0 Å². The van der Waals surface area contributed by atoms with Crippen LogP contribution in [0.2, 0.25) is 0 Å². The molecule has 2 aromatic rings. The van der Waals surface area contributed by atoms with E-state index in [0.717, 1.165) is 5.56 Å². The molecule has 156 valence electrons. The fourth-order valence-corrected chi connectivity index (χ4v) is 4.61. The highest BCUT2D eigenvalue weighted by Crippen LogP contribution is 2.28. The Labute approximate surface area is 169 Å². The van der Waals surface area contributed by atoms with Crippen LogP contribution in [-0.4, -0.2) is 58.6 Å². The molecule has 1 fully saturated rings. The lowest BCUT2D eigenvalue weighted by Gasteiger charge is -2.26. The van der Waals surface area contributed by atoms with Gasteiger partial charge >= 0.3 is 0 Å². The predicted octanol–water partition coefficient (Wildman–Crippen LogP) is 1.83. The van der Waals surface area contributed by atoms with Gasteiger partial charge < -0.3 is 14.8 Å². The van der Waals surface area contributed by atoms with Crippen LogP contribution in [0.4, 0.5) is 4.39 Å². The Morgan fingerprint density at radius 3 is 2.52 bits per heavy atom. The number of nitrogens with zero attached hydrogens (tertiary/aromatic N) is 1. The summed E-state index contributed by atoms with van der Waals surface area (Å²) in [5, 5.41) is 2.76. The van der Waals surface area contributed by atoms with Gasteiger partial charge in [-0.15, -0.1) is 0 Å². The minimum atomic E-state index is -3.82. The number of carbonyl (C=O) groups is 1. The zero-order valence-corrected chi connectivity index (χ0v) is 16.9. The molecule has 0 aromatic heterocycles. The Bertz CT molecular complexity index is 957. The standard InChI is InChI=1S/C20H23FN2O5S/c1-27-18-7-4-16(14-19(18)29(25,26)23-10-12-28-13-11-23)20(24)22-9-8-15-2-5-17(21)6-3-15/h2-7,14H,8-13H2,1H3,(H,22,24). The summed E-state index contributed by atoms with van der Waals surface area (Å²) in [6.07, 6.45) is 0.529. The van der Waals surface area contributed by atoms with E-state index in [9.17, 15) is 17.6 Å². The van der Waals surface area contributed by atoms with Crippen molar-refractivity contribution in [3.05, 3.63) is 59.4 Å². The number of morpholine rings is 1. The van der Waals surface area contributed by atoms with Gasteiger partial charge in [-0.2, -0.15) is 4.31 Å². The first-order valence-corrected chi connectivity index (χ1v) is 10.6. The van der Waals surface area contributed by atoms with Crippen LogP contribution in [0, 0.1) is 5.82 Å². The van der Waals surface area contributed by atoms with E-state index >= 15 is 0 Å². The summed E-state index contributed by atoms with van der Waals surface area (Å²) >= 11 is 0. The van der Waals surface area contributed by atoms with E-state index < -0.39 is 15.9 Å². The predicted molar refractivity (Wildman–Crippen MR) is 105 cm³/mol. The molecule has 0 aliphatic carbocycles. The maximum absolute atomic E-state index is 13.0. The maximum Gasteiger partial charge on any atom is 0.251 e. The number of rotatable bonds is 7. The molecule has 1 heterocycles. The van der Waals surface area contributed by atoms with Gasteiger partial charge in [-0.25, -0.2) is 12.8 Å². The van der Waals surface area contributed by atoms with Crippen molar-refractivity contribution in [2.45, 2.75) is 11.3 Å². The normalized spacial score (nSPS) is 15.1. The van der Waals surface area contributed by atoms with Gasteiger partial charge in [-0.05, 0) is 42.3 Å². The molecule has 0 bridgehead atoms. The Morgan fingerprint density at radius 2 is 1.86 bits per heavy atom. The van der Waals surface area contributed by atoms with Crippen LogP contribution in [0.5, 0.6) is 5.75 Å². The van der Waals surface area contributed by atoms with E-state index in [-0.39, 0.29) is 35.1 Å². The first-order chi connectivity index (χ1) is 13.9. The van der Waals surface area contributed by atoms with Crippen LogP contribution in [-0.2, 0) is 21.2 Å². The van der Waals surface area contributed by atoms with Crippen LogP contribution in [0.15, 0.2) is 47.4 Å². The van der Waals surface area contributed by atoms with Gasteiger partial charge in [0.25, 0.3) is 5.91 Å². The largest absolute Gasteiger partial charge is 0.495 e. The summed E-state index contributed by atoms with van der Waals surface area (Å²) in [4.78, 5) is 12.5. The third-order valence-corrected chi connectivity index (χ3v) is 6.55. The zero-order chi connectivity index (χ0) is 20.9. The quantitative estimate of drug-likeness (QED) is 0.736. The third-order valence-electron chi connectivity index (χ3n) is 4.63. The van der Waals surface area contributed by atoms with Crippen LogP contribution in [0.1, 0.15) is 15.9 Å². The minimum absolute atomic E-state index is 0.0481. The summed E-state index contributed by atoms with van der Waals surface area (Å²) in [6.45, 7) is 1.48. The molecular weight excluding hydrogens is 399 g/mol. The van der Waals surface area contributed by atoms with Gasteiger partial charge in [0.2, 0.25) is 10.0 Å². The molecule has 1 aliphatic rings. The number of halogens is 1. The molecule has 0 atom stereocenters. The Hall–Kier alpha value is -2.49. The summed E-state index contributed by atoms with van der Waals surface area (Å²) in [7, 11) is -2.43. The molecule has 1 saturated heterocycles. The average Bonchev–Trinajstić information content (AvgIpc) is 2.75. The van der Waals surface area contributed by atoms with Gasteiger partial charge in [0, 0.05) is 25.2 Å². The first kappa shape index (κ1) is 21.2. The molecule has 1 N–H and O–H groups in total. The van der Waals surface area contributed by atoms with Crippen molar-refractivity contribution >= 4 is 15.9 Å². The summed E-state index contributed by atoms with van der Waals surface area (Å²) < 4.78 is 50.7. The fraction of sp³-hybridized carbons (Fsp3) is 0.350. The van der Waals surface area contributed by atoms with Crippen molar-refractivity contribution in [1.29, 1.82) is 0 Å². The van der Waals surface area contributed by atoms with Crippen LogP contribution in [0.25, 0.3) is 0 Å². The number of methoxy groups -OCH3 is 1. The first-order valence-electron chi connectivity index (χ1n) is 9.20. The highest BCUT2D eigenvalue weighted by Gasteiger charge is 2.30. The molecule has 29 heavy (non-hydrogen) atoms. The van der Waals surface area contributed by atoms with Crippen molar-refractivity contribution in [3.63, 3.8) is 0 Å². The summed E-state index contributed by atoms with van der Waals surface area (Å²) in [5.74, 6) is -0.530. The smallest absolute Gasteiger partial charge is 0.251 e. The van der Waals surface area contributed by atoms with Crippen molar-refractivity contribution < 1.29 is 27.1 Å². The second-order valence-corrected chi connectivity index (χ2v) is 8.42. The van der Waals surface area contributed by atoms with E-state index in [0.29, 0.717) is 26.2 Å². The summed E-state index contributed by atoms with van der Waals surface area (Å²) in [6, 6.07) is 10.4. The Morgan fingerprint density at radius 1 is 1.17 bits per heavy atom. The minimum Gasteiger partial charge on any atom is -0.495 e. The number of nitrogens with one attached hydrogen (secondary N) is 1. The third kappa shape index (κ3) is 5.11. The highest BCUT2D eigenvalue weighted by atomic mass is 32.2. The highest BCUT2D eigenvalue weighted by molar-refractivity contribution is 7.89. The van der Waals surface area contributed by atoms with Crippen LogP contribution >= 0.6 is 0 Å². The lowest BCUT2D eigenvalue weighted by Crippen LogP contribution is -2.40. The molecule has 1 amide bonds. The molecule has 0 saturated carbocycles. The molecule has 1 aliphatic heterocycles. The Balaban J connectivity index is 1.73. The van der Waals surface area contributed by atoms with Gasteiger partial charge in [0.05, 0.1) is 20.3 Å². The number of hydrogen-bond donors (Lipinski definition) is 1. The van der Waals surface area contributed by atoms with E-state index in [1.165, 1.54) is 41.7 Å². The number of sulfonamides is 1. The van der Waals surface area contributed by atoms with Gasteiger partial charge in [-0.3, -0.25) is 4.79 Å². The number of hydrogen-bond acceptors (Lipinski definition) is 5. The molecule has 0 spiro atoms. The van der Waals surface area contributed by atoms with Gasteiger partial charge in [0.1, 0.15) is 16.5 Å². The SMILES string of the molecule is COc1ccc(C(=O)NCCc2ccc(F)cc2)cc1S(=O)(=O)N1CCOCC1. The molecule has 2 aromatic carbocycles. The van der Waals surface area contributed by atoms with Crippen molar-refractivity contribution in [2.75, 3.05) is 40.0 Å². The number of amides is 1. The van der Waals surface area contributed by atoms with Crippen molar-refractivity contribution in [2.24, 2.45) is 0 Å². The van der Waals surface area contributed by atoms with Gasteiger partial charge in [-0.1, -0.05) is 12.1 Å². The Kier molecular flexibility index (Phi) is 6.83. The number of ether oxygens (including phenoxy) is 2. The number of carbonyl (C=O) groups excluding carboxylic acids is 1. The second-order valence-electron chi connectivity index (χ2n) is 6.51. The molecule has 0 unspecified atom stereocenters. The molecule has 3 rings (SSSR count). The van der Waals surface area contributed by atoms with E-state index in [4.69, 9.17) is 9.47 Å².